The topological polar surface area (TPSA) is 175 Å². The fourth-order valence-electron chi connectivity index (χ4n) is 3.19. The number of carboxylic acids is 1. The number of rotatable bonds is 11. The molecule has 2 rings (SSSR count). The van der Waals surface area contributed by atoms with Crippen molar-refractivity contribution < 1.29 is 38.4 Å². The predicted molar refractivity (Wildman–Crippen MR) is 122 cm³/mol. The average Bonchev–Trinajstić information content (AvgIpc) is 2.72. The highest BCUT2D eigenvalue weighted by Crippen LogP contribution is 2.37. The van der Waals surface area contributed by atoms with Gasteiger partial charge in [0.1, 0.15) is 17.8 Å². The van der Waals surface area contributed by atoms with Gasteiger partial charge in [-0.25, -0.2) is 9.36 Å². The van der Waals surface area contributed by atoms with Gasteiger partial charge >= 0.3 is 13.8 Å². The average molecular weight is 493 g/mol. The molecule has 184 valence electrons. The second-order valence-electron chi connectivity index (χ2n) is 8.12. The highest BCUT2D eigenvalue weighted by Gasteiger charge is 2.28. The van der Waals surface area contributed by atoms with Gasteiger partial charge in [-0.05, 0) is 49.1 Å². The van der Waals surface area contributed by atoms with E-state index in [9.17, 15) is 24.1 Å². The van der Waals surface area contributed by atoms with E-state index in [1.165, 1.54) is 30.5 Å². The molecule has 11 nitrogen and oxygen atoms in total. The molecule has 34 heavy (non-hydrogen) atoms. The van der Waals surface area contributed by atoms with Crippen LogP contribution in [0.15, 0.2) is 42.6 Å². The Kier molecular flexibility index (Phi) is 9.31. The number of aryl methyl sites for hydroxylation is 1. The highest BCUT2D eigenvalue weighted by molar-refractivity contribution is 7.46. The number of nitrogens with zero attached hydrogens (tertiary/aromatic N) is 1. The number of aliphatic carboxylic acids is 1. The maximum absolute atomic E-state index is 13.0. The molecular formula is C22H28N3O8P. The number of carboxylic acid groups (broad SMARTS) is 1. The van der Waals surface area contributed by atoms with Crippen LogP contribution >= 0.6 is 7.82 Å². The molecule has 0 bridgehead atoms. The molecular weight excluding hydrogens is 465 g/mol. The first-order chi connectivity index (χ1) is 15.9. The van der Waals surface area contributed by atoms with Crippen LogP contribution in [0.5, 0.6) is 5.75 Å². The van der Waals surface area contributed by atoms with E-state index in [1.54, 1.807) is 19.1 Å². The number of hydrogen-bond acceptors (Lipinski definition) is 6. The lowest BCUT2D eigenvalue weighted by Crippen LogP contribution is -2.52. The van der Waals surface area contributed by atoms with E-state index in [1.807, 2.05) is 13.8 Å². The lowest BCUT2D eigenvalue weighted by atomic mass is 10.0. The second-order valence-corrected chi connectivity index (χ2v) is 9.29. The number of aromatic nitrogens is 1. The van der Waals surface area contributed by atoms with Crippen molar-refractivity contribution in [2.75, 3.05) is 0 Å². The Morgan fingerprint density at radius 1 is 1.06 bits per heavy atom. The molecule has 2 unspecified atom stereocenters. The fraction of sp³-hybridized carbons (Fsp3) is 0.364. The largest absolute Gasteiger partial charge is 0.524 e. The van der Waals surface area contributed by atoms with Crippen LogP contribution in [0.1, 0.15) is 41.9 Å². The van der Waals surface area contributed by atoms with Crippen molar-refractivity contribution in [1.29, 1.82) is 0 Å². The summed E-state index contributed by atoms with van der Waals surface area (Å²) >= 11 is 0. The zero-order chi connectivity index (χ0) is 25.5. The van der Waals surface area contributed by atoms with E-state index < -0.39 is 37.7 Å². The van der Waals surface area contributed by atoms with Gasteiger partial charge < -0.3 is 20.3 Å². The number of phosphoric ester groups is 1. The molecule has 2 aromatic rings. The van der Waals surface area contributed by atoms with Crippen molar-refractivity contribution in [1.82, 2.24) is 15.6 Å². The number of hydrogen-bond donors (Lipinski definition) is 5. The molecule has 0 radical (unpaired) electrons. The van der Waals surface area contributed by atoms with Crippen molar-refractivity contribution >= 4 is 25.6 Å². The predicted octanol–water partition coefficient (Wildman–Crippen LogP) is 1.82. The minimum Gasteiger partial charge on any atom is -0.480 e. The molecule has 0 aliphatic carbocycles. The minimum absolute atomic E-state index is 0.00838. The van der Waals surface area contributed by atoms with Crippen LogP contribution in [0.4, 0.5) is 0 Å². The summed E-state index contributed by atoms with van der Waals surface area (Å²) < 4.78 is 15.5. The van der Waals surface area contributed by atoms with Gasteiger partial charge in [0, 0.05) is 18.3 Å². The summed E-state index contributed by atoms with van der Waals surface area (Å²) in [6.07, 6.45) is 1.72. The summed E-state index contributed by atoms with van der Waals surface area (Å²) in [6, 6.07) is 6.47. The maximum atomic E-state index is 13.0. The summed E-state index contributed by atoms with van der Waals surface area (Å²) in [6.45, 7) is 5.30. The van der Waals surface area contributed by atoms with E-state index in [2.05, 4.69) is 20.1 Å². The fourth-order valence-corrected chi connectivity index (χ4v) is 3.59. The number of benzene rings is 1. The molecule has 2 atom stereocenters. The molecule has 0 fully saturated rings. The van der Waals surface area contributed by atoms with Crippen molar-refractivity contribution in [3.8, 4) is 5.75 Å². The van der Waals surface area contributed by atoms with Gasteiger partial charge in [-0.15, -0.1) is 0 Å². The van der Waals surface area contributed by atoms with E-state index in [-0.39, 0.29) is 30.1 Å². The normalized spacial score (nSPS) is 13.1. The van der Waals surface area contributed by atoms with Gasteiger partial charge in [0.25, 0.3) is 5.91 Å². The zero-order valence-electron chi connectivity index (χ0n) is 19.0. The second kappa shape index (κ2) is 11.7. The molecule has 0 spiro atoms. The van der Waals surface area contributed by atoms with Crippen LogP contribution in [0.3, 0.4) is 0 Å². The molecule has 0 saturated carbocycles. The Morgan fingerprint density at radius 3 is 2.24 bits per heavy atom. The van der Waals surface area contributed by atoms with Gasteiger partial charge in [0.2, 0.25) is 5.91 Å². The van der Waals surface area contributed by atoms with Crippen LogP contribution in [-0.4, -0.2) is 49.7 Å². The van der Waals surface area contributed by atoms with Crippen molar-refractivity contribution in [2.24, 2.45) is 5.92 Å². The lowest BCUT2D eigenvalue weighted by Gasteiger charge is -2.23. The van der Waals surface area contributed by atoms with Gasteiger partial charge in [-0.2, -0.15) is 0 Å². The first-order valence-electron chi connectivity index (χ1n) is 10.5. The Bertz CT molecular complexity index is 1070. The van der Waals surface area contributed by atoms with Crippen LogP contribution in [0.2, 0.25) is 0 Å². The van der Waals surface area contributed by atoms with E-state index in [0.29, 0.717) is 11.3 Å². The van der Waals surface area contributed by atoms with E-state index in [4.69, 9.17) is 9.79 Å². The van der Waals surface area contributed by atoms with Crippen molar-refractivity contribution in [3.63, 3.8) is 0 Å². The third-order valence-corrected chi connectivity index (χ3v) is 5.23. The quantitative estimate of drug-likeness (QED) is 0.292. The maximum Gasteiger partial charge on any atom is 0.524 e. The number of amides is 2. The van der Waals surface area contributed by atoms with Crippen LogP contribution in [0.25, 0.3) is 0 Å². The standard InChI is InChI=1S/C22H28N3O8P/c1-13(2)11-19(22(28)29)25-21(27)18(24-20(26)17-5-4-10-23-14(17)3)12-15-6-8-16(9-7-15)33-34(30,31)32/h4-10,13,18-19H,11-12H2,1-3H3,(H,24,26)(H,25,27)(H,28,29)(H2,30,31,32). The molecule has 1 heterocycles. The van der Waals surface area contributed by atoms with Gasteiger partial charge in [-0.3, -0.25) is 24.4 Å². The number of carbonyl (C=O) groups excluding carboxylic acids is 2. The first-order valence-corrected chi connectivity index (χ1v) is 12.0. The molecule has 2 amide bonds. The van der Waals surface area contributed by atoms with Gasteiger partial charge in [0.15, 0.2) is 0 Å². The molecule has 0 aliphatic heterocycles. The van der Waals surface area contributed by atoms with Gasteiger partial charge in [-0.1, -0.05) is 26.0 Å². The molecule has 1 aromatic carbocycles. The number of phosphoric acid groups is 1. The lowest BCUT2D eigenvalue weighted by molar-refractivity contribution is -0.142. The molecule has 5 N–H and O–H groups in total. The third kappa shape index (κ3) is 8.58. The summed E-state index contributed by atoms with van der Waals surface area (Å²) in [7, 11) is -4.72. The zero-order valence-corrected chi connectivity index (χ0v) is 19.9. The Labute approximate surface area is 196 Å². The summed E-state index contributed by atoms with van der Waals surface area (Å²) in [5, 5.41) is 14.6. The summed E-state index contributed by atoms with van der Waals surface area (Å²) in [4.78, 5) is 59.3. The Morgan fingerprint density at radius 2 is 1.71 bits per heavy atom. The number of nitrogens with one attached hydrogen (secondary N) is 2. The number of carbonyl (C=O) groups is 3. The molecule has 12 heteroatoms. The SMILES string of the molecule is Cc1ncccc1C(=O)NC(Cc1ccc(OP(=O)(O)O)cc1)C(=O)NC(CC(C)C)C(=O)O. The van der Waals surface area contributed by atoms with Crippen molar-refractivity contribution in [2.45, 2.75) is 45.7 Å². The van der Waals surface area contributed by atoms with Crippen LogP contribution < -0.4 is 15.2 Å². The van der Waals surface area contributed by atoms with Crippen molar-refractivity contribution in [3.05, 3.63) is 59.4 Å². The van der Waals surface area contributed by atoms with Gasteiger partial charge in [0.05, 0.1) is 5.56 Å². The Hall–Kier alpha value is -3.27. The highest BCUT2D eigenvalue weighted by atomic mass is 31.2. The van der Waals surface area contributed by atoms with E-state index >= 15 is 0 Å². The molecule has 0 saturated heterocycles. The van der Waals surface area contributed by atoms with Crippen LogP contribution in [0, 0.1) is 12.8 Å². The Balaban J connectivity index is 2.26. The number of pyridine rings is 1. The molecule has 0 aliphatic rings. The summed E-state index contributed by atoms with van der Waals surface area (Å²) in [5.41, 5.74) is 1.26. The smallest absolute Gasteiger partial charge is 0.480 e. The third-order valence-electron chi connectivity index (χ3n) is 4.78. The monoisotopic (exact) mass is 493 g/mol. The molecule has 1 aromatic heterocycles. The minimum atomic E-state index is -4.72. The first kappa shape index (κ1) is 27.0. The summed E-state index contributed by atoms with van der Waals surface area (Å²) in [5.74, 6) is -2.49. The van der Waals surface area contributed by atoms with E-state index in [0.717, 1.165) is 0 Å². The van der Waals surface area contributed by atoms with Crippen LogP contribution in [-0.2, 0) is 20.6 Å².